The van der Waals surface area contributed by atoms with E-state index in [9.17, 15) is 9.59 Å². The van der Waals surface area contributed by atoms with E-state index in [0.717, 1.165) is 36.4 Å². The number of piperidine rings is 1. The maximum atomic E-state index is 13.8. The van der Waals surface area contributed by atoms with Crippen molar-refractivity contribution >= 4 is 21.9 Å². The van der Waals surface area contributed by atoms with E-state index in [1.54, 1.807) is 10.6 Å². The van der Waals surface area contributed by atoms with Gasteiger partial charge >= 0.3 is 0 Å². The zero-order chi connectivity index (χ0) is 22.9. The number of hydrogen-bond acceptors (Lipinski definition) is 4. The highest BCUT2D eigenvalue weighted by atomic mass is 16.1. The van der Waals surface area contributed by atoms with Crippen LogP contribution in [0.2, 0.25) is 0 Å². The van der Waals surface area contributed by atoms with E-state index in [4.69, 9.17) is 4.98 Å². The summed E-state index contributed by atoms with van der Waals surface area (Å²) in [5.74, 6) is 1.37. The Morgan fingerprint density at radius 2 is 1.79 bits per heavy atom. The van der Waals surface area contributed by atoms with E-state index in [-0.39, 0.29) is 16.4 Å². The summed E-state index contributed by atoms with van der Waals surface area (Å²) in [6.45, 7) is 5.40. The quantitative estimate of drug-likeness (QED) is 0.442. The van der Waals surface area contributed by atoms with Crippen molar-refractivity contribution in [1.82, 2.24) is 19.0 Å². The number of aryl methyl sites for hydroxylation is 2. The van der Waals surface area contributed by atoms with Gasteiger partial charge in [-0.15, -0.1) is 0 Å². The topological polar surface area (TPSA) is 60.1 Å². The zero-order valence-electron chi connectivity index (χ0n) is 19.3. The molecule has 0 aliphatic carbocycles. The minimum Gasteiger partial charge on any atom is -0.328 e. The Balaban J connectivity index is 1.67. The van der Waals surface area contributed by atoms with Crippen LogP contribution in [0.5, 0.6) is 0 Å². The highest BCUT2D eigenvalue weighted by Crippen LogP contribution is 2.19. The molecule has 4 aromatic rings. The molecule has 6 heteroatoms. The maximum absolute atomic E-state index is 13.8. The number of likely N-dealkylation sites (tertiary alicyclic amines) is 1. The molecule has 1 atom stereocenters. The van der Waals surface area contributed by atoms with E-state index < -0.39 is 0 Å². The van der Waals surface area contributed by atoms with E-state index in [1.165, 1.54) is 6.42 Å². The molecule has 1 aliphatic heterocycles. The Bertz CT molecular complexity index is 1420. The van der Waals surface area contributed by atoms with E-state index in [0.29, 0.717) is 36.5 Å². The molecule has 5 rings (SSSR count). The summed E-state index contributed by atoms with van der Waals surface area (Å²) in [4.78, 5) is 34.5. The molecule has 33 heavy (non-hydrogen) atoms. The third-order valence-electron chi connectivity index (χ3n) is 6.86. The fourth-order valence-electron chi connectivity index (χ4n) is 5.10. The Labute approximate surface area is 193 Å². The van der Waals surface area contributed by atoms with Crippen LogP contribution in [0.15, 0.2) is 64.2 Å². The van der Waals surface area contributed by atoms with Gasteiger partial charge in [0.05, 0.1) is 12.1 Å². The molecular formula is C27H30N4O2. The van der Waals surface area contributed by atoms with Crippen LogP contribution < -0.4 is 11.0 Å². The normalized spacial score (nSPS) is 17.1. The molecule has 1 fully saturated rings. The Morgan fingerprint density at radius 3 is 2.58 bits per heavy atom. The average Bonchev–Trinajstić information content (AvgIpc) is 2.83. The van der Waals surface area contributed by atoms with Crippen molar-refractivity contribution in [2.24, 2.45) is 13.0 Å². The van der Waals surface area contributed by atoms with Crippen LogP contribution in [-0.2, 0) is 26.6 Å². The van der Waals surface area contributed by atoms with Gasteiger partial charge in [0.2, 0.25) is 5.43 Å². The summed E-state index contributed by atoms with van der Waals surface area (Å²) in [5, 5.41) is 0.735. The molecule has 0 radical (unpaired) electrons. The van der Waals surface area contributed by atoms with Crippen molar-refractivity contribution in [3.05, 3.63) is 86.6 Å². The lowest BCUT2D eigenvalue weighted by Crippen LogP contribution is -2.38. The van der Waals surface area contributed by atoms with Crippen molar-refractivity contribution in [3.63, 3.8) is 0 Å². The zero-order valence-corrected chi connectivity index (χ0v) is 19.3. The molecule has 170 valence electrons. The smallest absolute Gasteiger partial charge is 0.267 e. The van der Waals surface area contributed by atoms with Gasteiger partial charge in [-0.25, -0.2) is 4.98 Å². The highest BCUT2D eigenvalue weighted by Gasteiger charge is 2.22. The maximum Gasteiger partial charge on any atom is 0.267 e. The first kappa shape index (κ1) is 21.6. The van der Waals surface area contributed by atoms with Crippen molar-refractivity contribution in [2.45, 2.75) is 39.3 Å². The number of fused-ring (bicyclic) bond motifs is 2. The van der Waals surface area contributed by atoms with Gasteiger partial charge in [0.1, 0.15) is 11.2 Å². The van der Waals surface area contributed by atoms with Gasteiger partial charge in [0.25, 0.3) is 5.56 Å². The highest BCUT2D eigenvalue weighted by molar-refractivity contribution is 5.91. The summed E-state index contributed by atoms with van der Waals surface area (Å²) < 4.78 is 3.63. The summed E-state index contributed by atoms with van der Waals surface area (Å²) >= 11 is 0. The molecule has 3 heterocycles. The van der Waals surface area contributed by atoms with Gasteiger partial charge < -0.3 is 4.57 Å². The molecule has 2 aromatic heterocycles. The molecule has 0 spiro atoms. The minimum atomic E-state index is -0.234. The summed E-state index contributed by atoms with van der Waals surface area (Å²) in [6.07, 6.45) is 3.11. The number of pyridine rings is 1. The average molecular weight is 443 g/mol. The second kappa shape index (κ2) is 8.94. The number of hydrogen-bond donors (Lipinski definition) is 0. The predicted octanol–water partition coefficient (Wildman–Crippen LogP) is 3.72. The third-order valence-corrected chi connectivity index (χ3v) is 6.86. The van der Waals surface area contributed by atoms with Gasteiger partial charge in [-0.2, -0.15) is 0 Å². The molecule has 1 aliphatic rings. The summed E-state index contributed by atoms with van der Waals surface area (Å²) in [5.41, 5.74) is 1.96. The SMILES string of the molecule is CC1CCCN(Cc2nc3c(c(=O)c4ccccc4n3C)c(=O)n2CCc2ccccc2)C1. The largest absolute Gasteiger partial charge is 0.328 e. The van der Waals surface area contributed by atoms with Crippen LogP contribution in [0.3, 0.4) is 0 Å². The van der Waals surface area contributed by atoms with Crippen LogP contribution in [0.1, 0.15) is 31.2 Å². The van der Waals surface area contributed by atoms with Crippen LogP contribution in [0.25, 0.3) is 21.9 Å². The Kier molecular flexibility index (Phi) is 5.85. The molecule has 0 bridgehead atoms. The van der Waals surface area contributed by atoms with Crippen LogP contribution in [0.4, 0.5) is 0 Å². The number of benzene rings is 2. The number of aromatic nitrogens is 3. The minimum absolute atomic E-state index is 0.181. The Hall–Kier alpha value is -3.25. The van der Waals surface area contributed by atoms with Gasteiger partial charge in [-0.1, -0.05) is 49.4 Å². The van der Waals surface area contributed by atoms with Crippen molar-refractivity contribution in [3.8, 4) is 0 Å². The van der Waals surface area contributed by atoms with Gasteiger partial charge in [-0.3, -0.25) is 19.1 Å². The fourth-order valence-corrected chi connectivity index (χ4v) is 5.10. The number of rotatable bonds is 5. The van der Waals surface area contributed by atoms with E-state index in [2.05, 4.69) is 24.0 Å². The second-order valence-corrected chi connectivity index (χ2v) is 9.31. The van der Waals surface area contributed by atoms with E-state index in [1.807, 2.05) is 48.0 Å². The van der Waals surface area contributed by atoms with Crippen LogP contribution >= 0.6 is 0 Å². The lowest BCUT2D eigenvalue weighted by molar-refractivity contribution is 0.170. The van der Waals surface area contributed by atoms with Crippen molar-refractivity contribution in [2.75, 3.05) is 13.1 Å². The molecule has 0 N–H and O–H groups in total. The molecule has 0 saturated carbocycles. The predicted molar refractivity (Wildman–Crippen MR) is 133 cm³/mol. The van der Waals surface area contributed by atoms with Crippen molar-refractivity contribution in [1.29, 1.82) is 0 Å². The lowest BCUT2D eigenvalue weighted by Gasteiger charge is -2.31. The first-order chi connectivity index (χ1) is 16.0. The summed E-state index contributed by atoms with van der Waals surface area (Å²) in [7, 11) is 1.89. The molecular weight excluding hydrogens is 412 g/mol. The number of nitrogens with zero attached hydrogens (tertiary/aromatic N) is 4. The Morgan fingerprint density at radius 1 is 1.03 bits per heavy atom. The first-order valence-electron chi connectivity index (χ1n) is 11.8. The lowest BCUT2D eigenvalue weighted by atomic mass is 10.0. The molecule has 0 amide bonds. The second-order valence-electron chi connectivity index (χ2n) is 9.31. The monoisotopic (exact) mass is 442 g/mol. The summed E-state index contributed by atoms with van der Waals surface area (Å²) in [6, 6.07) is 17.6. The van der Waals surface area contributed by atoms with Crippen molar-refractivity contribution < 1.29 is 0 Å². The molecule has 2 aromatic carbocycles. The van der Waals surface area contributed by atoms with Crippen LogP contribution in [-0.4, -0.2) is 32.1 Å². The molecule has 1 unspecified atom stereocenters. The fraction of sp³-hybridized carbons (Fsp3) is 0.370. The third kappa shape index (κ3) is 4.11. The van der Waals surface area contributed by atoms with Crippen LogP contribution in [0, 0.1) is 5.92 Å². The van der Waals surface area contributed by atoms with E-state index >= 15 is 0 Å². The number of para-hydroxylation sites is 1. The standard InChI is InChI=1S/C27H30N4O2/c1-19-9-8-15-30(17-19)18-23-28-26-24(25(32)21-12-6-7-13-22(21)29(26)2)27(33)31(23)16-14-20-10-4-3-5-11-20/h3-7,10-13,19H,8-9,14-18H2,1-2H3. The van der Waals surface area contributed by atoms with Gasteiger partial charge in [-0.05, 0) is 49.4 Å². The van der Waals surface area contributed by atoms with Gasteiger partial charge in [0.15, 0.2) is 5.65 Å². The molecule has 1 saturated heterocycles. The van der Waals surface area contributed by atoms with Gasteiger partial charge in [0, 0.05) is 25.5 Å². The molecule has 6 nitrogen and oxygen atoms in total. The first-order valence-corrected chi connectivity index (χ1v) is 11.8.